The Bertz CT molecular complexity index is 985. The monoisotopic (exact) mass is 417 g/mol. The van der Waals surface area contributed by atoms with Crippen molar-refractivity contribution in [1.29, 1.82) is 0 Å². The number of aryl methyl sites for hydroxylation is 1. The van der Waals surface area contributed by atoms with Crippen LogP contribution in [0.15, 0.2) is 11.4 Å². The van der Waals surface area contributed by atoms with E-state index >= 15 is 0 Å². The van der Waals surface area contributed by atoms with E-state index in [0.29, 0.717) is 5.56 Å². The summed E-state index contributed by atoms with van der Waals surface area (Å²) in [6.07, 6.45) is 1.96. The second-order valence-electron chi connectivity index (χ2n) is 5.28. The van der Waals surface area contributed by atoms with Crippen molar-refractivity contribution in [3.05, 3.63) is 32.9 Å². The number of carbonyl (C=O) groups is 2. The number of thiophene rings is 1. The number of ether oxygens (including phenoxy) is 1. The van der Waals surface area contributed by atoms with Gasteiger partial charge in [0.05, 0.1) is 23.4 Å². The van der Waals surface area contributed by atoms with E-state index in [1.54, 1.807) is 20.8 Å². The van der Waals surface area contributed by atoms with E-state index in [9.17, 15) is 18.0 Å². The molecule has 2 rings (SSSR count). The number of hydrogen-bond acceptors (Lipinski definition) is 8. The number of anilines is 1. The maximum absolute atomic E-state index is 12.5. The lowest BCUT2D eigenvalue weighted by Crippen LogP contribution is -2.18. The third-order valence-electron chi connectivity index (χ3n) is 3.36. The summed E-state index contributed by atoms with van der Waals surface area (Å²) in [7, 11) is -3.71. The summed E-state index contributed by atoms with van der Waals surface area (Å²) in [5.74, 6) is -1.32. The summed E-state index contributed by atoms with van der Waals surface area (Å²) in [5, 5.41) is 2.20. The molecule has 0 bridgehead atoms. The van der Waals surface area contributed by atoms with Gasteiger partial charge in [0, 0.05) is 11.1 Å². The van der Waals surface area contributed by atoms with E-state index in [1.165, 1.54) is 11.3 Å². The summed E-state index contributed by atoms with van der Waals surface area (Å²) in [6, 6.07) is 0. The lowest BCUT2D eigenvalue weighted by molar-refractivity contribution is 0.0527. The average molecular weight is 418 g/mol. The molecule has 8 nitrogen and oxygen atoms in total. The van der Waals surface area contributed by atoms with Crippen molar-refractivity contribution in [1.82, 2.24) is 9.97 Å². The fourth-order valence-corrected chi connectivity index (χ4v) is 3.74. The van der Waals surface area contributed by atoms with Crippen molar-refractivity contribution in [2.45, 2.75) is 25.9 Å². The minimum absolute atomic E-state index is 0.113. The largest absolute Gasteiger partial charge is 0.462 e. The molecule has 1 N–H and O–H groups in total. The number of esters is 1. The van der Waals surface area contributed by atoms with Gasteiger partial charge in [0.15, 0.2) is 5.69 Å². The molecular weight excluding hydrogens is 402 g/mol. The maximum Gasteiger partial charge on any atom is 0.341 e. The standard InChI is InChI=1S/C15H16ClN3O5S2/c1-5-24-14(21)10-7(2)8(3)25-13(10)19-12(20)11-9(16)6-17-15(18-11)26(4,22)23/h6H,5H2,1-4H3,(H,19,20). The second kappa shape index (κ2) is 7.68. The van der Waals surface area contributed by atoms with Gasteiger partial charge < -0.3 is 10.1 Å². The Hall–Kier alpha value is -2.04. The molecule has 26 heavy (non-hydrogen) atoms. The zero-order chi connectivity index (χ0) is 19.6. The minimum Gasteiger partial charge on any atom is -0.462 e. The van der Waals surface area contributed by atoms with Gasteiger partial charge in [0.25, 0.3) is 5.91 Å². The summed E-state index contributed by atoms with van der Waals surface area (Å²) in [4.78, 5) is 32.9. The molecule has 0 spiro atoms. The lowest BCUT2D eigenvalue weighted by atomic mass is 10.1. The molecule has 140 valence electrons. The lowest BCUT2D eigenvalue weighted by Gasteiger charge is -2.08. The summed E-state index contributed by atoms with van der Waals surface area (Å²) in [6.45, 7) is 5.42. The van der Waals surface area contributed by atoms with Gasteiger partial charge in [-0.2, -0.15) is 0 Å². The molecule has 0 aliphatic carbocycles. The van der Waals surface area contributed by atoms with Gasteiger partial charge in [-0.1, -0.05) is 11.6 Å². The Morgan fingerprint density at radius 1 is 1.35 bits per heavy atom. The Labute approximate surface area is 159 Å². The molecule has 0 aliphatic rings. The highest BCUT2D eigenvalue weighted by Gasteiger charge is 2.24. The van der Waals surface area contributed by atoms with Gasteiger partial charge in [-0.3, -0.25) is 4.79 Å². The van der Waals surface area contributed by atoms with E-state index in [0.717, 1.165) is 17.3 Å². The first-order valence-corrected chi connectivity index (χ1v) is 10.5. The molecule has 0 saturated heterocycles. The molecule has 0 atom stereocenters. The van der Waals surface area contributed by atoms with Gasteiger partial charge in [0.2, 0.25) is 15.0 Å². The predicted molar refractivity (Wildman–Crippen MR) is 97.9 cm³/mol. The van der Waals surface area contributed by atoms with Gasteiger partial charge in [-0.05, 0) is 26.3 Å². The number of amides is 1. The van der Waals surface area contributed by atoms with Crippen LogP contribution < -0.4 is 5.32 Å². The topological polar surface area (TPSA) is 115 Å². The summed E-state index contributed by atoms with van der Waals surface area (Å²) < 4.78 is 28.2. The van der Waals surface area contributed by atoms with Crippen LogP contribution in [-0.2, 0) is 14.6 Å². The first kappa shape index (κ1) is 20.3. The first-order valence-electron chi connectivity index (χ1n) is 7.37. The highest BCUT2D eigenvalue weighted by molar-refractivity contribution is 7.90. The first-order chi connectivity index (χ1) is 12.1. The van der Waals surface area contributed by atoms with Crippen LogP contribution in [0.5, 0.6) is 0 Å². The zero-order valence-electron chi connectivity index (χ0n) is 14.4. The number of carbonyl (C=O) groups excluding carboxylic acids is 2. The van der Waals surface area contributed by atoms with Crippen molar-refractivity contribution >= 4 is 49.7 Å². The van der Waals surface area contributed by atoms with Crippen LogP contribution in [0, 0.1) is 13.8 Å². The Kier molecular flexibility index (Phi) is 5.99. The van der Waals surface area contributed by atoms with Crippen LogP contribution in [-0.4, -0.2) is 43.1 Å². The smallest absolute Gasteiger partial charge is 0.341 e. The van der Waals surface area contributed by atoms with Crippen molar-refractivity contribution in [2.75, 3.05) is 18.2 Å². The third-order valence-corrected chi connectivity index (χ3v) is 5.62. The van der Waals surface area contributed by atoms with Crippen LogP contribution in [0.2, 0.25) is 5.02 Å². The number of hydrogen-bond donors (Lipinski definition) is 1. The quantitative estimate of drug-likeness (QED) is 0.587. The molecule has 0 aromatic carbocycles. The van der Waals surface area contributed by atoms with Gasteiger partial charge in [-0.25, -0.2) is 23.2 Å². The molecule has 1 amide bonds. The van der Waals surface area contributed by atoms with Crippen molar-refractivity contribution in [3.63, 3.8) is 0 Å². The Morgan fingerprint density at radius 2 is 2.00 bits per heavy atom. The number of nitrogens with one attached hydrogen (secondary N) is 1. The van der Waals surface area contributed by atoms with Crippen LogP contribution in [0.25, 0.3) is 0 Å². The van der Waals surface area contributed by atoms with E-state index in [-0.39, 0.29) is 27.9 Å². The molecular formula is C15H16ClN3O5S2. The molecule has 0 unspecified atom stereocenters. The molecule has 2 aromatic rings. The number of sulfone groups is 1. The molecule has 2 heterocycles. The highest BCUT2D eigenvalue weighted by atomic mass is 35.5. The van der Waals surface area contributed by atoms with E-state index in [2.05, 4.69) is 15.3 Å². The number of aromatic nitrogens is 2. The van der Waals surface area contributed by atoms with Crippen molar-refractivity contribution < 1.29 is 22.7 Å². The van der Waals surface area contributed by atoms with Gasteiger partial charge in [0.1, 0.15) is 5.00 Å². The minimum atomic E-state index is -3.71. The van der Waals surface area contributed by atoms with Crippen molar-refractivity contribution in [3.8, 4) is 0 Å². The van der Waals surface area contributed by atoms with Crippen LogP contribution in [0.4, 0.5) is 5.00 Å². The van der Waals surface area contributed by atoms with E-state index < -0.39 is 26.9 Å². The number of halogens is 1. The molecule has 0 aliphatic heterocycles. The SMILES string of the molecule is CCOC(=O)c1c(NC(=O)c2nc(S(C)(=O)=O)ncc2Cl)sc(C)c1C. The fourth-order valence-electron chi connectivity index (χ4n) is 2.02. The molecule has 0 radical (unpaired) electrons. The summed E-state index contributed by atoms with van der Waals surface area (Å²) >= 11 is 7.12. The third kappa shape index (κ3) is 4.19. The maximum atomic E-state index is 12.5. The Balaban J connectivity index is 2.43. The molecule has 11 heteroatoms. The van der Waals surface area contributed by atoms with E-state index in [1.807, 2.05) is 0 Å². The molecule has 2 aromatic heterocycles. The Morgan fingerprint density at radius 3 is 2.58 bits per heavy atom. The predicted octanol–water partition coefficient (Wildman–Crippen LogP) is 2.64. The normalized spacial score (nSPS) is 11.3. The van der Waals surface area contributed by atoms with Crippen LogP contribution >= 0.6 is 22.9 Å². The van der Waals surface area contributed by atoms with E-state index in [4.69, 9.17) is 16.3 Å². The number of rotatable bonds is 5. The number of nitrogens with zero attached hydrogens (tertiary/aromatic N) is 2. The average Bonchev–Trinajstić information content (AvgIpc) is 2.81. The van der Waals surface area contributed by atoms with Crippen LogP contribution in [0.3, 0.4) is 0 Å². The van der Waals surface area contributed by atoms with Crippen LogP contribution in [0.1, 0.15) is 38.2 Å². The fraction of sp³-hybridized carbons (Fsp3) is 0.333. The summed E-state index contributed by atoms with van der Waals surface area (Å²) in [5.41, 5.74) is 0.631. The van der Waals surface area contributed by atoms with Crippen molar-refractivity contribution in [2.24, 2.45) is 0 Å². The van der Waals surface area contributed by atoms with Gasteiger partial charge >= 0.3 is 5.97 Å². The second-order valence-corrected chi connectivity index (χ2v) is 8.82. The molecule has 0 saturated carbocycles. The zero-order valence-corrected chi connectivity index (χ0v) is 16.8. The van der Waals surface area contributed by atoms with Gasteiger partial charge in [-0.15, -0.1) is 11.3 Å². The molecule has 0 fully saturated rings. The highest BCUT2D eigenvalue weighted by Crippen LogP contribution is 2.33.